The average molecular weight is 290 g/mol. The third-order valence-corrected chi connectivity index (χ3v) is 4.03. The zero-order valence-electron chi connectivity index (χ0n) is 8.76. The van der Waals surface area contributed by atoms with Gasteiger partial charge in [-0.1, -0.05) is 46.3 Å². The molecule has 17 heavy (non-hydrogen) atoms. The molecule has 0 heterocycles. The summed E-state index contributed by atoms with van der Waals surface area (Å²) in [4.78, 5) is 10.6. The molecule has 0 aliphatic heterocycles. The molecule has 0 spiro atoms. The highest BCUT2D eigenvalue weighted by molar-refractivity contribution is 9.09. The summed E-state index contributed by atoms with van der Waals surface area (Å²) in [5.74, 6) is 0. The Morgan fingerprint density at radius 3 is 2.53 bits per heavy atom. The van der Waals surface area contributed by atoms with Gasteiger partial charge in [0.15, 0.2) is 0 Å². The fourth-order valence-corrected chi connectivity index (χ4v) is 3.04. The van der Waals surface area contributed by atoms with Gasteiger partial charge in [0.1, 0.15) is 0 Å². The molecule has 4 heteroatoms. The number of alkyl halides is 1. The van der Waals surface area contributed by atoms with Crippen LogP contribution in [0.4, 0.5) is 5.69 Å². The molecule has 1 aliphatic carbocycles. The number of nitrogens with zero attached hydrogens (tertiary/aromatic N) is 1. The first-order valence-corrected chi connectivity index (χ1v) is 6.12. The van der Waals surface area contributed by atoms with Crippen LogP contribution in [0.1, 0.15) is 16.0 Å². The molecular formula is C13H8BrNO2. The highest BCUT2D eigenvalue weighted by atomic mass is 79.9. The number of nitro benzene ring substituents is 1. The molecule has 0 saturated carbocycles. The Balaban J connectivity index is 2.27. The van der Waals surface area contributed by atoms with Crippen molar-refractivity contribution in [2.24, 2.45) is 0 Å². The van der Waals surface area contributed by atoms with Crippen LogP contribution in [0, 0.1) is 10.1 Å². The Kier molecular flexibility index (Phi) is 2.26. The van der Waals surface area contributed by atoms with Crippen molar-refractivity contribution in [3.8, 4) is 11.1 Å². The molecule has 2 aromatic carbocycles. The van der Waals surface area contributed by atoms with Gasteiger partial charge in [0, 0.05) is 12.1 Å². The standard InChI is InChI=1S/C13H8BrNO2/c14-13-10-4-2-1-3-9(10)12-7-8(15(16)17)5-6-11(12)13/h1-7,13H/t13-/m0/s1. The molecule has 0 fully saturated rings. The lowest BCUT2D eigenvalue weighted by molar-refractivity contribution is -0.384. The highest BCUT2D eigenvalue weighted by Crippen LogP contribution is 2.48. The highest BCUT2D eigenvalue weighted by Gasteiger charge is 2.27. The normalized spacial score (nSPS) is 16.4. The van der Waals surface area contributed by atoms with Crippen LogP contribution in [0.5, 0.6) is 0 Å². The van der Waals surface area contributed by atoms with Crippen LogP contribution in [0.15, 0.2) is 42.5 Å². The fraction of sp³-hybridized carbons (Fsp3) is 0.0769. The molecule has 0 unspecified atom stereocenters. The van der Waals surface area contributed by atoms with Crippen molar-refractivity contribution in [2.45, 2.75) is 4.83 Å². The van der Waals surface area contributed by atoms with Gasteiger partial charge in [-0.3, -0.25) is 10.1 Å². The van der Waals surface area contributed by atoms with Gasteiger partial charge in [-0.25, -0.2) is 0 Å². The van der Waals surface area contributed by atoms with Crippen molar-refractivity contribution >= 4 is 21.6 Å². The number of non-ortho nitro benzene ring substituents is 1. The van der Waals surface area contributed by atoms with E-state index < -0.39 is 0 Å². The van der Waals surface area contributed by atoms with Crippen LogP contribution in [0.25, 0.3) is 11.1 Å². The fourth-order valence-electron chi connectivity index (χ4n) is 2.24. The Morgan fingerprint density at radius 1 is 1.06 bits per heavy atom. The number of hydrogen-bond acceptors (Lipinski definition) is 2. The van der Waals surface area contributed by atoms with Gasteiger partial charge in [-0.2, -0.15) is 0 Å². The van der Waals surface area contributed by atoms with E-state index in [-0.39, 0.29) is 15.4 Å². The molecule has 1 aliphatic rings. The van der Waals surface area contributed by atoms with Crippen molar-refractivity contribution in [3.05, 3.63) is 63.7 Å². The lowest BCUT2D eigenvalue weighted by Crippen LogP contribution is -1.89. The van der Waals surface area contributed by atoms with Crippen molar-refractivity contribution in [2.75, 3.05) is 0 Å². The van der Waals surface area contributed by atoms with Crippen molar-refractivity contribution in [1.82, 2.24) is 0 Å². The quantitative estimate of drug-likeness (QED) is 0.451. The van der Waals surface area contributed by atoms with Gasteiger partial charge in [-0.15, -0.1) is 0 Å². The minimum atomic E-state index is -0.357. The molecule has 0 N–H and O–H groups in total. The molecule has 2 aromatic rings. The van der Waals surface area contributed by atoms with E-state index in [0.29, 0.717) is 0 Å². The SMILES string of the molecule is O=[N+]([O-])c1ccc2c(c1)-c1ccccc1[C@@H]2Br. The Morgan fingerprint density at radius 2 is 1.76 bits per heavy atom. The Bertz CT molecular complexity index is 625. The number of nitro groups is 1. The van der Waals surface area contributed by atoms with Gasteiger partial charge < -0.3 is 0 Å². The summed E-state index contributed by atoms with van der Waals surface area (Å²) in [5, 5.41) is 10.8. The smallest absolute Gasteiger partial charge is 0.258 e. The first-order valence-electron chi connectivity index (χ1n) is 5.20. The molecule has 0 saturated heterocycles. The van der Waals surface area contributed by atoms with E-state index in [1.165, 1.54) is 5.56 Å². The van der Waals surface area contributed by atoms with Crippen molar-refractivity contribution in [1.29, 1.82) is 0 Å². The van der Waals surface area contributed by atoms with E-state index in [2.05, 4.69) is 15.9 Å². The van der Waals surface area contributed by atoms with Crippen LogP contribution in [-0.4, -0.2) is 4.92 Å². The Hall–Kier alpha value is -1.68. The lowest BCUT2D eigenvalue weighted by atomic mass is 10.1. The molecule has 3 rings (SSSR count). The number of hydrogen-bond donors (Lipinski definition) is 0. The Labute approximate surface area is 106 Å². The lowest BCUT2D eigenvalue weighted by Gasteiger charge is -2.02. The predicted molar refractivity (Wildman–Crippen MR) is 69.3 cm³/mol. The van der Waals surface area contributed by atoms with Crippen LogP contribution < -0.4 is 0 Å². The van der Waals surface area contributed by atoms with Gasteiger partial charge in [0.25, 0.3) is 5.69 Å². The monoisotopic (exact) mass is 289 g/mol. The average Bonchev–Trinajstić information content (AvgIpc) is 2.64. The number of halogens is 1. The van der Waals surface area contributed by atoms with Crippen molar-refractivity contribution < 1.29 is 4.92 Å². The number of benzene rings is 2. The van der Waals surface area contributed by atoms with Gasteiger partial charge >= 0.3 is 0 Å². The summed E-state index contributed by atoms with van der Waals surface area (Å²) in [5.41, 5.74) is 4.43. The molecule has 3 nitrogen and oxygen atoms in total. The van der Waals surface area contributed by atoms with E-state index >= 15 is 0 Å². The predicted octanol–water partition coefficient (Wildman–Crippen LogP) is 4.06. The first-order chi connectivity index (χ1) is 8.18. The third kappa shape index (κ3) is 1.48. The molecule has 0 bridgehead atoms. The van der Waals surface area contributed by atoms with Crippen molar-refractivity contribution in [3.63, 3.8) is 0 Å². The summed E-state index contributed by atoms with van der Waals surface area (Å²) >= 11 is 3.63. The molecular weight excluding hydrogens is 282 g/mol. The van der Waals surface area contributed by atoms with Crippen LogP contribution in [0.3, 0.4) is 0 Å². The molecule has 1 atom stereocenters. The second-order valence-electron chi connectivity index (χ2n) is 3.98. The third-order valence-electron chi connectivity index (χ3n) is 3.04. The topological polar surface area (TPSA) is 43.1 Å². The zero-order valence-corrected chi connectivity index (χ0v) is 10.3. The maximum atomic E-state index is 10.8. The van der Waals surface area contributed by atoms with E-state index in [1.807, 2.05) is 30.3 Å². The molecule has 0 radical (unpaired) electrons. The summed E-state index contributed by atoms with van der Waals surface area (Å²) in [7, 11) is 0. The number of fused-ring (bicyclic) bond motifs is 3. The molecule has 84 valence electrons. The van der Waals surface area contributed by atoms with E-state index in [4.69, 9.17) is 0 Å². The first kappa shape index (κ1) is 10.5. The maximum Gasteiger partial charge on any atom is 0.270 e. The van der Waals surface area contributed by atoms with E-state index in [9.17, 15) is 10.1 Å². The van der Waals surface area contributed by atoms with Gasteiger partial charge in [0.2, 0.25) is 0 Å². The minimum absolute atomic E-state index is 0.134. The molecule has 0 aromatic heterocycles. The maximum absolute atomic E-state index is 10.8. The minimum Gasteiger partial charge on any atom is -0.258 e. The van der Waals surface area contributed by atoms with Gasteiger partial charge in [-0.05, 0) is 22.3 Å². The summed E-state index contributed by atoms with van der Waals surface area (Å²) < 4.78 is 0. The second-order valence-corrected chi connectivity index (χ2v) is 4.89. The largest absolute Gasteiger partial charge is 0.270 e. The second kappa shape index (κ2) is 3.67. The summed E-state index contributed by atoms with van der Waals surface area (Å²) in [6, 6.07) is 13.0. The van der Waals surface area contributed by atoms with Gasteiger partial charge in [0.05, 0.1) is 9.75 Å². The number of rotatable bonds is 1. The van der Waals surface area contributed by atoms with Crippen LogP contribution >= 0.6 is 15.9 Å². The zero-order chi connectivity index (χ0) is 12.0. The summed E-state index contributed by atoms with van der Waals surface area (Å²) in [6.07, 6.45) is 0. The van der Waals surface area contributed by atoms with E-state index in [1.54, 1.807) is 12.1 Å². The molecule has 0 amide bonds. The van der Waals surface area contributed by atoms with Crippen LogP contribution in [0.2, 0.25) is 0 Å². The summed E-state index contributed by atoms with van der Waals surface area (Å²) in [6.45, 7) is 0. The van der Waals surface area contributed by atoms with E-state index in [0.717, 1.165) is 16.7 Å². The van der Waals surface area contributed by atoms with Crippen LogP contribution in [-0.2, 0) is 0 Å².